The molecule has 0 aliphatic carbocycles. The molecule has 1 saturated heterocycles. The van der Waals surface area contributed by atoms with Crippen molar-refractivity contribution in [1.29, 1.82) is 0 Å². The van der Waals surface area contributed by atoms with Crippen LogP contribution in [0.15, 0.2) is 36.7 Å². The molecule has 2 aromatic heterocycles. The summed E-state index contributed by atoms with van der Waals surface area (Å²) < 4.78 is 16.2. The monoisotopic (exact) mass is 368 g/mol. The van der Waals surface area contributed by atoms with Gasteiger partial charge in [-0.25, -0.2) is 13.9 Å². The van der Waals surface area contributed by atoms with Crippen LogP contribution in [-0.4, -0.2) is 45.3 Å². The van der Waals surface area contributed by atoms with E-state index in [4.69, 9.17) is 4.84 Å². The minimum absolute atomic E-state index is 0.125. The maximum Gasteiger partial charge on any atom is 0.165 e. The Labute approximate surface area is 156 Å². The number of hydrogen-bond acceptors (Lipinski definition) is 6. The molecule has 0 saturated carbocycles. The first-order chi connectivity index (χ1) is 13.2. The summed E-state index contributed by atoms with van der Waals surface area (Å²) in [5.41, 5.74) is 4.82. The van der Waals surface area contributed by atoms with Crippen LogP contribution >= 0.6 is 0 Å². The van der Waals surface area contributed by atoms with E-state index >= 15 is 0 Å². The van der Waals surface area contributed by atoms with Crippen LogP contribution in [0.1, 0.15) is 13.3 Å². The van der Waals surface area contributed by atoms with Crippen LogP contribution in [0.3, 0.4) is 0 Å². The van der Waals surface area contributed by atoms with Gasteiger partial charge in [0.2, 0.25) is 0 Å². The molecule has 140 valence electrons. The molecule has 0 amide bonds. The molecule has 0 radical (unpaired) electrons. The molecule has 3 aromatic rings. The van der Waals surface area contributed by atoms with Crippen LogP contribution in [0, 0.1) is 11.7 Å². The third-order valence-electron chi connectivity index (χ3n) is 5.23. The van der Waals surface area contributed by atoms with Crippen LogP contribution in [0.2, 0.25) is 0 Å². The minimum atomic E-state index is -0.333. The van der Waals surface area contributed by atoms with E-state index in [0.717, 1.165) is 31.9 Å². The number of anilines is 1. The standard InChI is InChI=1S/C19H21FN6O/c1-12-8-18-24-27-13-2-3-16(20)14(9-13)15-10-22-26-6-4-17(23-19(15)26)21-5-7-25(18)11-12/h2-4,6,9-10,12,18,24H,5,7-8,11H2,1H3,(H,21,23)/t12-,18+/m1/s1. The average Bonchev–Trinajstić information content (AvgIpc) is 3.23. The molecule has 2 aliphatic rings. The van der Waals surface area contributed by atoms with Gasteiger partial charge in [-0.15, -0.1) is 5.48 Å². The number of nitrogens with one attached hydrogen (secondary N) is 2. The third kappa shape index (κ3) is 3.00. The van der Waals surface area contributed by atoms with E-state index in [0.29, 0.717) is 28.4 Å². The molecule has 1 aromatic carbocycles. The number of hydrogen-bond donors (Lipinski definition) is 2. The van der Waals surface area contributed by atoms with Gasteiger partial charge in [-0.1, -0.05) is 6.92 Å². The molecule has 27 heavy (non-hydrogen) atoms. The highest BCUT2D eigenvalue weighted by molar-refractivity contribution is 5.78. The summed E-state index contributed by atoms with van der Waals surface area (Å²) >= 11 is 0. The van der Waals surface area contributed by atoms with E-state index in [9.17, 15) is 4.39 Å². The highest BCUT2D eigenvalue weighted by atomic mass is 19.1. The van der Waals surface area contributed by atoms with Crippen LogP contribution in [0.4, 0.5) is 10.2 Å². The quantitative estimate of drug-likeness (QED) is 0.636. The van der Waals surface area contributed by atoms with Crippen molar-refractivity contribution in [3.8, 4) is 16.9 Å². The van der Waals surface area contributed by atoms with Crippen molar-refractivity contribution in [2.75, 3.05) is 25.0 Å². The second kappa shape index (κ2) is 6.47. The first-order valence-corrected chi connectivity index (χ1v) is 9.22. The largest absolute Gasteiger partial charge is 0.407 e. The Morgan fingerprint density at radius 3 is 3.11 bits per heavy atom. The lowest BCUT2D eigenvalue weighted by molar-refractivity contribution is 0.0794. The summed E-state index contributed by atoms with van der Waals surface area (Å²) in [6, 6.07) is 6.62. The molecule has 0 unspecified atom stereocenters. The highest BCUT2D eigenvalue weighted by Gasteiger charge is 2.30. The molecule has 5 rings (SSSR count). The van der Waals surface area contributed by atoms with Gasteiger partial charge in [0.15, 0.2) is 5.65 Å². The van der Waals surface area contributed by atoms with Crippen molar-refractivity contribution in [2.24, 2.45) is 5.92 Å². The van der Waals surface area contributed by atoms with E-state index in [2.05, 4.69) is 32.7 Å². The fourth-order valence-electron chi connectivity index (χ4n) is 3.90. The Kier molecular flexibility index (Phi) is 3.95. The molecule has 4 bridgehead atoms. The van der Waals surface area contributed by atoms with Gasteiger partial charge < -0.3 is 10.2 Å². The fourth-order valence-corrected chi connectivity index (χ4v) is 3.90. The fraction of sp³-hybridized carbons (Fsp3) is 0.368. The molecule has 2 atom stereocenters. The maximum atomic E-state index is 14.5. The molecule has 8 heteroatoms. The van der Waals surface area contributed by atoms with E-state index in [1.807, 2.05) is 12.3 Å². The second-order valence-electron chi connectivity index (χ2n) is 7.28. The zero-order valence-corrected chi connectivity index (χ0v) is 15.0. The molecule has 7 nitrogen and oxygen atoms in total. The van der Waals surface area contributed by atoms with E-state index < -0.39 is 0 Å². The number of halogens is 1. The summed E-state index contributed by atoms with van der Waals surface area (Å²) in [5.74, 6) is 1.58. The Morgan fingerprint density at radius 2 is 2.19 bits per heavy atom. The van der Waals surface area contributed by atoms with Gasteiger partial charge in [-0.05, 0) is 36.6 Å². The predicted molar refractivity (Wildman–Crippen MR) is 99.8 cm³/mol. The van der Waals surface area contributed by atoms with E-state index in [1.54, 1.807) is 22.8 Å². The number of rotatable bonds is 0. The zero-order chi connectivity index (χ0) is 18.4. The first kappa shape index (κ1) is 16.5. The van der Waals surface area contributed by atoms with Gasteiger partial charge in [0, 0.05) is 37.0 Å². The smallest absolute Gasteiger partial charge is 0.165 e. The van der Waals surface area contributed by atoms with Gasteiger partial charge in [-0.2, -0.15) is 5.10 Å². The van der Waals surface area contributed by atoms with Gasteiger partial charge in [0.25, 0.3) is 0 Å². The van der Waals surface area contributed by atoms with Crippen molar-refractivity contribution >= 4 is 11.5 Å². The number of fused-ring (bicyclic) bond motifs is 5. The average molecular weight is 368 g/mol. The van der Waals surface area contributed by atoms with E-state index in [1.165, 1.54) is 6.07 Å². The normalized spacial score (nSPS) is 22.9. The van der Waals surface area contributed by atoms with Crippen molar-refractivity contribution < 1.29 is 9.23 Å². The van der Waals surface area contributed by atoms with Crippen LogP contribution < -0.4 is 15.6 Å². The van der Waals surface area contributed by atoms with Gasteiger partial charge in [-0.3, -0.25) is 4.90 Å². The number of nitrogens with zero attached hydrogens (tertiary/aromatic N) is 4. The number of aromatic nitrogens is 3. The molecular weight excluding hydrogens is 347 g/mol. The van der Waals surface area contributed by atoms with Crippen molar-refractivity contribution in [1.82, 2.24) is 25.0 Å². The number of hydroxylamine groups is 1. The molecule has 4 heterocycles. The SMILES string of the molecule is C[C@@H]1C[C@H]2NOc3ccc(F)c(c3)-c3cnn4ccc(nc34)NCCN2C1. The van der Waals surface area contributed by atoms with Gasteiger partial charge in [0.05, 0.1) is 12.4 Å². The topological polar surface area (TPSA) is 66.7 Å². The van der Waals surface area contributed by atoms with Gasteiger partial charge >= 0.3 is 0 Å². The summed E-state index contributed by atoms with van der Waals surface area (Å²) in [7, 11) is 0. The van der Waals surface area contributed by atoms with Crippen molar-refractivity contribution in [2.45, 2.75) is 19.5 Å². The van der Waals surface area contributed by atoms with Crippen molar-refractivity contribution in [3.05, 3.63) is 42.5 Å². The lowest BCUT2D eigenvalue weighted by Crippen LogP contribution is -2.44. The first-order valence-electron chi connectivity index (χ1n) is 9.22. The summed E-state index contributed by atoms with van der Waals surface area (Å²) in [6.45, 7) is 4.88. The zero-order valence-electron chi connectivity index (χ0n) is 15.0. The predicted octanol–water partition coefficient (Wildman–Crippen LogP) is 2.51. The van der Waals surface area contributed by atoms with Crippen LogP contribution in [0.25, 0.3) is 16.8 Å². The summed E-state index contributed by atoms with van der Waals surface area (Å²) in [5, 5.41) is 7.66. The molecule has 2 N–H and O–H groups in total. The maximum absolute atomic E-state index is 14.5. The Balaban J connectivity index is 1.59. The minimum Gasteiger partial charge on any atom is -0.407 e. The van der Waals surface area contributed by atoms with Crippen LogP contribution in [0.5, 0.6) is 5.75 Å². The third-order valence-corrected chi connectivity index (χ3v) is 5.23. The lowest BCUT2D eigenvalue weighted by atomic mass is 10.1. The molecule has 0 spiro atoms. The van der Waals surface area contributed by atoms with Gasteiger partial charge in [0.1, 0.15) is 17.4 Å². The molecule has 1 fully saturated rings. The Morgan fingerprint density at radius 1 is 1.26 bits per heavy atom. The molecular formula is C19H21FN6O. The van der Waals surface area contributed by atoms with E-state index in [-0.39, 0.29) is 12.0 Å². The Bertz CT molecular complexity index is 989. The van der Waals surface area contributed by atoms with Crippen molar-refractivity contribution in [3.63, 3.8) is 0 Å². The lowest BCUT2D eigenvalue weighted by Gasteiger charge is -2.25. The Hall–Kier alpha value is -2.71. The molecule has 2 aliphatic heterocycles. The second-order valence-corrected chi connectivity index (χ2v) is 7.28. The van der Waals surface area contributed by atoms with Crippen LogP contribution in [-0.2, 0) is 0 Å². The summed E-state index contributed by atoms with van der Waals surface area (Å²) in [6.07, 6.45) is 4.60. The number of benzene rings is 1. The summed E-state index contributed by atoms with van der Waals surface area (Å²) in [4.78, 5) is 12.8. The highest BCUT2D eigenvalue weighted by Crippen LogP contribution is 2.30.